The minimum atomic E-state index is -4.26. The number of pyridine rings is 1. The maximum absolute atomic E-state index is 12.6. The summed E-state index contributed by atoms with van der Waals surface area (Å²) in [7, 11) is 0.500. The minimum Gasteiger partial charge on any atom is -0.260 e. The SMILES string of the molecule is O=S(=O)(Cl)c1cncc(F)c1F. The molecule has 0 spiro atoms. The summed E-state index contributed by atoms with van der Waals surface area (Å²) in [6.07, 6.45) is 1.20. The number of nitrogens with zero attached hydrogens (tertiary/aromatic N) is 1. The van der Waals surface area contributed by atoms with E-state index in [2.05, 4.69) is 4.98 Å². The molecule has 0 aromatic carbocycles. The molecule has 0 bridgehead atoms. The molecule has 1 heterocycles. The van der Waals surface area contributed by atoms with Gasteiger partial charge in [0.2, 0.25) is 0 Å². The highest BCUT2D eigenvalue weighted by Crippen LogP contribution is 2.18. The van der Waals surface area contributed by atoms with Crippen LogP contribution in [0.1, 0.15) is 0 Å². The molecule has 0 unspecified atom stereocenters. The molecule has 0 N–H and O–H groups in total. The van der Waals surface area contributed by atoms with Gasteiger partial charge in [0.25, 0.3) is 9.05 Å². The third kappa shape index (κ3) is 1.70. The highest BCUT2D eigenvalue weighted by atomic mass is 35.7. The summed E-state index contributed by atoms with van der Waals surface area (Å²) < 4.78 is 46.0. The van der Waals surface area contributed by atoms with E-state index in [0.29, 0.717) is 12.4 Å². The summed E-state index contributed by atoms with van der Waals surface area (Å²) in [6.45, 7) is 0. The third-order valence-electron chi connectivity index (χ3n) is 1.07. The van der Waals surface area contributed by atoms with Crippen LogP contribution in [0.4, 0.5) is 8.78 Å². The van der Waals surface area contributed by atoms with Crippen molar-refractivity contribution in [2.75, 3.05) is 0 Å². The zero-order valence-electron chi connectivity index (χ0n) is 5.46. The molecule has 12 heavy (non-hydrogen) atoms. The molecule has 1 rings (SSSR count). The van der Waals surface area contributed by atoms with Crippen LogP contribution in [0.5, 0.6) is 0 Å². The van der Waals surface area contributed by atoms with Gasteiger partial charge in [0.15, 0.2) is 11.6 Å². The molecular formula is C5H2ClF2NO2S. The summed E-state index contributed by atoms with van der Waals surface area (Å²) in [5.41, 5.74) is 0. The topological polar surface area (TPSA) is 47.0 Å². The van der Waals surface area contributed by atoms with Crippen LogP contribution in [0.25, 0.3) is 0 Å². The number of halogens is 3. The van der Waals surface area contributed by atoms with Crippen molar-refractivity contribution in [2.45, 2.75) is 4.90 Å². The summed E-state index contributed by atoms with van der Waals surface area (Å²) in [5, 5.41) is 0. The lowest BCUT2D eigenvalue weighted by Gasteiger charge is -1.96. The fraction of sp³-hybridized carbons (Fsp3) is 0. The van der Waals surface area contributed by atoms with Crippen molar-refractivity contribution in [1.29, 1.82) is 0 Å². The van der Waals surface area contributed by atoms with Crippen LogP contribution in [0.3, 0.4) is 0 Å². The lowest BCUT2D eigenvalue weighted by Crippen LogP contribution is -1.99. The van der Waals surface area contributed by atoms with Crippen LogP contribution >= 0.6 is 10.7 Å². The second-order valence-corrected chi connectivity index (χ2v) is 4.41. The van der Waals surface area contributed by atoms with E-state index in [4.69, 9.17) is 10.7 Å². The number of aromatic nitrogens is 1. The molecule has 1 aromatic heterocycles. The standard InChI is InChI=1S/C5H2ClF2NO2S/c6-12(10,11)4-2-9-1-3(7)5(4)8/h1-2H. The largest absolute Gasteiger partial charge is 0.265 e. The van der Waals surface area contributed by atoms with Gasteiger partial charge in [-0.2, -0.15) is 0 Å². The fourth-order valence-corrected chi connectivity index (χ4v) is 1.39. The molecule has 0 atom stereocenters. The Labute approximate surface area is 71.4 Å². The van der Waals surface area contributed by atoms with Gasteiger partial charge >= 0.3 is 0 Å². The molecule has 1 aromatic rings. The second kappa shape index (κ2) is 2.95. The lowest BCUT2D eigenvalue weighted by atomic mass is 10.4. The summed E-state index contributed by atoms with van der Waals surface area (Å²) in [6, 6.07) is 0. The van der Waals surface area contributed by atoms with E-state index in [-0.39, 0.29) is 0 Å². The quantitative estimate of drug-likeness (QED) is 0.661. The number of hydrogen-bond acceptors (Lipinski definition) is 3. The van der Waals surface area contributed by atoms with Crippen molar-refractivity contribution >= 4 is 19.7 Å². The van der Waals surface area contributed by atoms with E-state index in [0.717, 1.165) is 0 Å². The first-order valence-electron chi connectivity index (χ1n) is 2.66. The Morgan fingerprint density at radius 3 is 2.33 bits per heavy atom. The van der Waals surface area contributed by atoms with Gasteiger partial charge in [0.05, 0.1) is 6.20 Å². The third-order valence-corrected chi connectivity index (χ3v) is 2.38. The van der Waals surface area contributed by atoms with Gasteiger partial charge in [-0.25, -0.2) is 17.2 Å². The molecule has 7 heteroatoms. The highest BCUT2D eigenvalue weighted by Gasteiger charge is 2.19. The van der Waals surface area contributed by atoms with Gasteiger partial charge in [-0.1, -0.05) is 0 Å². The Morgan fingerprint density at radius 1 is 1.33 bits per heavy atom. The molecule has 0 aliphatic rings. The minimum absolute atomic E-state index is 0.556. The van der Waals surface area contributed by atoms with Crippen molar-refractivity contribution in [2.24, 2.45) is 0 Å². The van der Waals surface area contributed by atoms with Gasteiger partial charge < -0.3 is 0 Å². The van der Waals surface area contributed by atoms with Crippen LogP contribution in [0.2, 0.25) is 0 Å². The average molecular weight is 214 g/mol. The van der Waals surface area contributed by atoms with Crippen molar-refractivity contribution in [3.05, 3.63) is 24.0 Å². The normalized spacial score (nSPS) is 11.6. The van der Waals surface area contributed by atoms with E-state index in [1.807, 2.05) is 0 Å². The van der Waals surface area contributed by atoms with E-state index in [1.165, 1.54) is 0 Å². The van der Waals surface area contributed by atoms with Crippen LogP contribution in [0, 0.1) is 11.6 Å². The van der Waals surface area contributed by atoms with Crippen molar-refractivity contribution in [3.63, 3.8) is 0 Å². The maximum Gasteiger partial charge on any atom is 0.265 e. The smallest absolute Gasteiger partial charge is 0.260 e. The Bertz CT molecular complexity index is 406. The molecule has 3 nitrogen and oxygen atoms in total. The number of rotatable bonds is 1. The first-order valence-corrected chi connectivity index (χ1v) is 4.97. The zero-order chi connectivity index (χ0) is 9.35. The van der Waals surface area contributed by atoms with Gasteiger partial charge in [0, 0.05) is 16.9 Å². The van der Waals surface area contributed by atoms with Gasteiger partial charge in [-0.15, -0.1) is 0 Å². The molecule has 0 amide bonds. The lowest BCUT2D eigenvalue weighted by molar-refractivity contribution is 0.480. The van der Waals surface area contributed by atoms with E-state index < -0.39 is 25.6 Å². The fourth-order valence-electron chi connectivity index (χ4n) is 0.571. The highest BCUT2D eigenvalue weighted by molar-refractivity contribution is 8.13. The van der Waals surface area contributed by atoms with E-state index in [9.17, 15) is 17.2 Å². The van der Waals surface area contributed by atoms with Crippen LogP contribution in [0.15, 0.2) is 17.3 Å². The van der Waals surface area contributed by atoms with Crippen molar-refractivity contribution in [1.82, 2.24) is 4.98 Å². The first kappa shape index (κ1) is 9.34. The van der Waals surface area contributed by atoms with Gasteiger partial charge in [-0.3, -0.25) is 4.98 Å². The van der Waals surface area contributed by atoms with Crippen molar-refractivity contribution < 1.29 is 17.2 Å². The van der Waals surface area contributed by atoms with Crippen LogP contribution in [-0.2, 0) is 9.05 Å². The Morgan fingerprint density at radius 2 is 1.92 bits per heavy atom. The molecule has 66 valence electrons. The predicted molar refractivity (Wildman–Crippen MR) is 37.2 cm³/mol. The molecule has 0 saturated carbocycles. The van der Waals surface area contributed by atoms with Crippen LogP contribution < -0.4 is 0 Å². The van der Waals surface area contributed by atoms with E-state index >= 15 is 0 Å². The van der Waals surface area contributed by atoms with E-state index in [1.54, 1.807) is 0 Å². The molecular weight excluding hydrogens is 212 g/mol. The predicted octanol–water partition coefficient (Wildman–Crippen LogP) is 1.29. The molecule has 0 radical (unpaired) electrons. The Balaban J connectivity index is 3.47. The first-order chi connectivity index (χ1) is 5.43. The molecule has 0 saturated heterocycles. The maximum atomic E-state index is 12.6. The summed E-state index contributed by atoms with van der Waals surface area (Å²) in [5.74, 6) is -2.86. The molecule has 0 fully saturated rings. The van der Waals surface area contributed by atoms with Gasteiger partial charge in [-0.05, 0) is 0 Å². The van der Waals surface area contributed by atoms with Crippen molar-refractivity contribution in [3.8, 4) is 0 Å². The molecule has 0 aliphatic carbocycles. The second-order valence-electron chi connectivity index (χ2n) is 1.87. The zero-order valence-corrected chi connectivity index (χ0v) is 7.03. The number of hydrogen-bond donors (Lipinski definition) is 0. The van der Waals surface area contributed by atoms with Gasteiger partial charge in [0.1, 0.15) is 4.90 Å². The van der Waals surface area contributed by atoms with Crippen LogP contribution in [-0.4, -0.2) is 13.4 Å². The summed E-state index contributed by atoms with van der Waals surface area (Å²) in [4.78, 5) is 2.18. The Hall–Kier alpha value is -0.750. The summed E-state index contributed by atoms with van der Waals surface area (Å²) >= 11 is 0. The molecule has 0 aliphatic heterocycles. The monoisotopic (exact) mass is 213 g/mol. The average Bonchev–Trinajstić information content (AvgIpc) is 1.92. The Kier molecular flexibility index (Phi) is 2.29.